The summed E-state index contributed by atoms with van der Waals surface area (Å²) in [5, 5.41) is 13.9. The van der Waals surface area contributed by atoms with Gasteiger partial charge in [-0.15, -0.1) is 11.3 Å². The van der Waals surface area contributed by atoms with E-state index in [2.05, 4.69) is 40.6 Å². The van der Waals surface area contributed by atoms with Crippen molar-refractivity contribution < 1.29 is 14.6 Å². The molecule has 0 amide bonds. The van der Waals surface area contributed by atoms with Gasteiger partial charge in [0.15, 0.2) is 11.5 Å². The van der Waals surface area contributed by atoms with E-state index in [0.717, 1.165) is 36.3 Å². The monoisotopic (exact) mass is 355 g/mol. The van der Waals surface area contributed by atoms with E-state index < -0.39 is 0 Å². The van der Waals surface area contributed by atoms with E-state index >= 15 is 0 Å². The van der Waals surface area contributed by atoms with Crippen molar-refractivity contribution in [3.05, 3.63) is 47.3 Å². The van der Waals surface area contributed by atoms with Crippen LogP contribution in [0.15, 0.2) is 41.8 Å². The van der Waals surface area contributed by atoms with Gasteiger partial charge < -0.3 is 14.6 Å². The maximum Gasteiger partial charge on any atom is 0.165 e. The van der Waals surface area contributed by atoms with Crippen molar-refractivity contribution in [2.75, 3.05) is 33.4 Å². The van der Waals surface area contributed by atoms with Crippen molar-refractivity contribution in [3.63, 3.8) is 0 Å². The predicted molar refractivity (Wildman–Crippen MR) is 102 cm³/mol. The second-order valence-electron chi connectivity index (χ2n) is 6.25. The summed E-state index contributed by atoms with van der Waals surface area (Å²) in [6.07, 6.45) is 0. The van der Waals surface area contributed by atoms with Crippen molar-refractivity contribution in [1.82, 2.24) is 4.90 Å². The number of aromatic hydroxyl groups is 1. The Balaban J connectivity index is 1.74. The van der Waals surface area contributed by atoms with Gasteiger partial charge in [0, 0.05) is 48.0 Å². The normalized spacial score (nSPS) is 14.9. The lowest BCUT2D eigenvalue weighted by Gasteiger charge is -2.18. The van der Waals surface area contributed by atoms with E-state index in [0.29, 0.717) is 19.0 Å². The third-order valence-electron chi connectivity index (χ3n) is 4.60. The van der Waals surface area contributed by atoms with Crippen LogP contribution in [0.3, 0.4) is 0 Å². The van der Waals surface area contributed by atoms with Gasteiger partial charge in [0.1, 0.15) is 6.61 Å². The van der Waals surface area contributed by atoms with Gasteiger partial charge in [0.25, 0.3) is 0 Å². The molecule has 0 aliphatic carbocycles. The van der Waals surface area contributed by atoms with E-state index in [-0.39, 0.29) is 5.75 Å². The second-order valence-corrected chi connectivity index (χ2v) is 7.16. The highest BCUT2D eigenvalue weighted by molar-refractivity contribution is 7.17. The molecule has 0 fully saturated rings. The van der Waals surface area contributed by atoms with Gasteiger partial charge in [-0.1, -0.05) is 18.2 Å². The topological polar surface area (TPSA) is 41.9 Å². The summed E-state index contributed by atoms with van der Waals surface area (Å²) in [5.74, 6) is 0.833. The van der Waals surface area contributed by atoms with Gasteiger partial charge in [-0.3, -0.25) is 4.90 Å². The fourth-order valence-electron chi connectivity index (χ4n) is 3.32. The van der Waals surface area contributed by atoms with Crippen LogP contribution in [0.5, 0.6) is 11.5 Å². The first-order valence-corrected chi connectivity index (χ1v) is 9.31. The van der Waals surface area contributed by atoms with Gasteiger partial charge in [0.05, 0.1) is 6.61 Å². The molecule has 0 spiro atoms. The lowest BCUT2D eigenvalue weighted by atomic mass is 10.0. The Morgan fingerprint density at radius 3 is 3.04 bits per heavy atom. The fourth-order valence-corrected chi connectivity index (χ4v) is 4.29. The zero-order chi connectivity index (χ0) is 17.2. The molecule has 0 atom stereocenters. The van der Waals surface area contributed by atoms with Crippen LogP contribution in [0, 0.1) is 0 Å². The molecule has 1 N–H and O–H groups in total. The van der Waals surface area contributed by atoms with E-state index in [1.165, 1.54) is 10.1 Å². The Hall–Kier alpha value is -2.08. The average molecular weight is 355 g/mol. The maximum absolute atomic E-state index is 10.5. The van der Waals surface area contributed by atoms with Gasteiger partial charge in [-0.25, -0.2) is 0 Å². The summed E-state index contributed by atoms with van der Waals surface area (Å²) in [6.45, 7) is 3.70. The number of nitrogens with zero attached hydrogens (tertiary/aromatic N) is 1. The average Bonchev–Trinajstić information content (AvgIpc) is 2.94. The maximum atomic E-state index is 10.5. The van der Waals surface area contributed by atoms with Crippen molar-refractivity contribution in [3.8, 4) is 22.6 Å². The largest absolute Gasteiger partial charge is 0.504 e. The van der Waals surface area contributed by atoms with Gasteiger partial charge in [0.2, 0.25) is 0 Å². The minimum absolute atomic E-state index is 0.219. The number of ether oxygens (including phenoxy) is 2. The molecule has 1 aromatic heterocycles. The molecule has 2 aromatic carbocycles. The lowest BCUT2D eigenvalue weighted by molar-refractivity contribution is 0.138. The molecule has 3 aromatic rings. The van der Waals surface area contributed by atoms with Crippen molar-refractivity contribution >= 4 is 21.4 Å². The number of phenols is 1. The number of benzene rings is 2. The molecular weight excluding hydrogens is 334 g/mol. The molecule has 1 aliphatic rings. The minimum Gasteiger partial charge on any atom is -0.504 e. The summed E-state index contributed by atoms with van der Waals surface area (Å²) >= 11 is 1.73. The number of fused-ring (bicyclic) bond motifs is 2. The van der Waals surface area contributed by atoms with Gasteiger partial charge >= 0.3 is 0 Å². The van der Waals surface area contributed by atoms with Crippen LogP contribution in [0.4, 0.5) is 0 Å². The van der Waals surface area contributed by atoms with Crippen LogP contribution in [0.2, 0.25) is 0 Å². The molecule has 25 heavy (non-hydrogen) atoms. The zero-order valence-electron chi connectivity index (χ0n) is 14.2. The van der Waals surface area contributed by atoms with E-state index in [9.17, 15) is 5.11 Å². The highest BCUT2D eigenvalue weighted by atomic mass is 32.1. The fraction of sp³-hybridized carbons (Fsp3) is 0.300. The minimum atomic E-state index is 0.219. The van der Waals surface area contributed by atoms with E-state index in [1.807, 2.05) is 6.07 Å². The number of thiophene rings is 1. The SMILES string of the molecule is COCCN1CCOc2c(O)cc(-c3csc4ccccc34)cc2C1. The van der Waals surface area contributed by atoms with Crippen LogP contribution >= 0.6 is 11.3 Å². The Bertz CT molecular complexity index is 890. The molecule has 1 aliphatic heterocycles. The molecular formula is C20H21NO3S. The first-order chi connectivity index (χ1) is 12.3. The second kappa shape index (κ2) is 7.04. The third-order valence-corrected chi connectivity index (χ3v) is 5.56. The van der Waals surface area contributed by atoms with E-state index in [1.54, 1.807) is 18.4 Å². The van der Waals surface area contributed by atoms with Crippen LogP contribution < -0.4 is 4.74 Å². The predicted octanol–water partition coefficient (Wildman–Crippen LogP) is 4.11. The number of methoxy groups -OCH3 is 1. The highest BCUT2D eigenvalue weighted by Crippen LogP contribution is 2.41. The highest BCUT2D eigenvalue weighted by Gasteiger charge is 2.20. The number of rotatable bonds is 4. The molecule has 5 heteroatoms. The number of hydrogen-bond donors (Lipinski definition) is 1. The van der Waals surface area contributed by atoms with Crippen molar-refractivity contribution in [2.45, 2.75) is 6.54 Å². The molecule has 4 nitrogen and oxygen atoms in total. The summed E-state index contributed by atoms with van der Waals surface area (Å²) in [5.41, 5.74) is 3.22. The summed E-state index contributed by atoms with van der Waals surface area (Å²) in [7, 11) is 1.72. The van der Waals surface area contributed by atoms with Gasteiger partial charge in [-0.05, 0) is 29.1 Å². The third kappa shape index (κ3) is 3.23. The summed E-state index contributed by atoms with van der Waals surface area (Å²) < 4.78 is 12.3. The van der Waals surface area contributed by atoms with Crippen LogP contribution in [-0.4, -0.2) is 43.4 Å². The zero-order valence-corrected chi connectivity index (χ0v) is 15.0. The molecule has 0 radical (unpaired) electrons. The number of phenolic OH excluding ortho intramolecular Hbond substituents is 1. The Labute approximate surface area is 151 Å². The van der Waals surface area contributed by atoms with Gasteiger partial charge in [-0.2, -0.15) is 0 Å². The molecule has 0 saturated carbocycles. The molecule has 4 rings (SSSR count). The Morgan fingerprint density at radius 1 is 1.28 bits per heavy atom. The molecule has 0 bridgehead atoms. The quantitative estimate of drug-likeness (QED) is 0.765. The van der Waals surface area contributed by atoms with Crippen LogP contribution in [0.25, 0.3) is 21.2 Å². The Morgan fingerprint density at radius 2 is 2.16 bits per heavy atom. The first-order valence-electron chi connectivity index (χ1n) is 8.43. The van der Waals surface area contributed by atoms with Crippen molar-refractivity contribution in [2.24, 2.45) is 0 Å². The van der Waals surface area contributed by atoms with Crippen LogP contribution in [-0.2, 0) is 11.3 Å². The first kappa shape index (κ1) is 16.4. The van der Waals surface area contributed by atoms with E-state index in [4.69, 9.17) is 9.47 Å². The van der Waals surface area contributed by atoms with Crippen molar-refractivity contribution in [1.29, 1.82) is 0 Å². The van der Waals surface area contributed by atoms with Crippen LogP contribution in [0.1, 0.15) is 5.56 Å². The molecule has 0 unspecified atom stereocenters. The number of hydrogen-bond acceptors (Lipinski definition) is 5. The summed E-state index contributed by atoms with van der Waals surface area (Å²) in [4.78, 5) is 2.30. The lowest BCUT2D eigenvalue weighted by Crippen LogP contribution is -2.29. The molecule has 130 valence electrons. The Kier molecular flexibility index (Phi) is 4.61. The molecule has 2 heterocycles. The summed E-state index contributed by atoms with van der Waals surface area (Å²) in [6, 6.07) is 12.3. The molecule has 0 saturated heterocycles. The standard InChI is InChI=1S/C20H21NO3S/c1-23-8-6-21-7-9-24-20-15(12-21)10-14(11-18(20)22)17-13-25-19-5-3-2-4-16(17)19/h2-5,10-11,13,22H,6-9,12H2,1H3. The smallest absolute Gasteiger partial charge is 0.165 e.